The molecule has 0 aliphatic heterocycles. The first-order valence-electron chi connectivity index (χ1n) is 5.21. The highest BCUT2D eigenvalue weighted by Gasteiger charge is 2.34. The molecule has 17 heavy (non-hydrogen) atoms. The first-order chi connectivity index (χ1) is 8.04. The van der Waals surface area contributed by atoms with Gasteiger partial charge in [-0.25, -0.2) is 8.42 Å². The van der Waals surface area contributed by atoms with Crippen LogP contribution in [-0.4, -0.2) is 14.5 Å². The summed E-state index contributed by atoms with van der Waals surface area (Å²) in [5.41, 5.74) is 0. The van der Waals surface area contributed by atoms with Crippen LogP contribution in [0.25, 0.3) is 0 Å². The number of rotatable bonds is 4. The Kier molecular flexibility index (Phi) is 3.52. The van der Waals surface area contributed by atoms with Crippen molar-refractivity contribution in [3.8, 4) is 6.07 Å². The van der Waals surface area contributed by atoms with Gasteiger partial charge < -0.3 is 0 Å². The Morgan fingerprint density at radius 3 is 2.59 bits per heavy atom. The van der Waals surface area contributed by atoms with E-state index in [0.29, 0.717) is 4.47 Å². The minimum atomic E-state index is -3.63. The van der Waals surface area contributed by atoms with Crippen LogP contribution in [0.1, 0.15) is 12.8 Å². The summed E-state index contributed by atoms with van der Waals surface area (Å²) in [5, 5.41) is 8.93. The van der Waals surface area contributed by atoms with E-state index in [1.165, 1.54) is 6.07 Å². The van der Waals surface area contributed by atoms with E-state index in [1.54, 1.807) is 18.2 Å². The lowest BCUT2D eigenvalue weighted by molar-refractivity contribution is 0.559. The maximum atomic E-state index is 12.1. The molecule has 1 saturated carbocycles. The third-order valence-electron chi connectivity index (χ3n) is 2.64. The van der Waals surface area contributed by atoms with Crippen LogP contribution < -0.4 is 4.72 Å². The standard InChI is InChI=1S/C11H11BrN2O2S/c12-9-3-1-2-4-11(9)17(15,16)14-10(7-13)8-5-6-8/h1-4,8,10,14H,5-6H2. The molecule has 0 spiro atoms. The fraction of sp³-hybridized carbons (Fsp3) is 0.364. The van der Waals surface area contributed by atoms with Gasteiger partial charge in [-0.15, -0.1) is 0 Å². The number of nitriles is 1. The summed E-state index contributed by atoms with van der Waals surface area (Å²) in [7, 11) is -3.63. The molecule has 2 rings (SSSR count). The van der Waals surface area contributed by atoms with Crippen molar-refractivity contribution in [1.29, 1.82) is 5.26 Å². The zero-order valence-electron chi connectivity index (χ0n) is 8.93. The number of sulfonamides is 1. The molecule has 1 aromatic carbocycles. The van der Waals surface area contributed by atoms with Gasteiger partial charge in [-0.05, 0) is 46.8 Å². The number of nitrogens with one attached hydrogen (secondary N) is 1. The van der Waals surface area contributed by atoms with Gasteiger partial charge in [0.25, 0.3) is 0 Å². The number of nitrogens with zero attached hydrogens (tertiary/aromatic N) is 1. The number of benzene rings is 1. The van der Waals surface area contributed by atoms with Crippen molar-refractivity contribution in [2.45, 2.75) is 23.8 Å². The maximum absolute atomic E-state index is 12.1. The molecule has 6 heteroatoms. The molecule has 1 aliphatic rings. The van der Waals surface area contributed by atoms with E-state index in [4.69, 9.17) is 5.26 Å². The Hall–Kier alpha value is -0.900. The van der Waals surface area contributed by atoms with Crippen LogP contribution >= 0.6 is 15.9 Å². The molecule has 0 heterocycles. The van der Waals surface area contributed by atoms with Gasteiger partial charge in [-0.2, -0.15) is 9.98 Å². The van der Waals surface area contributed by atoms with E-state index < -0.39 is 16.1 Å². The summed E-state index contributed by atoms with van der Waals surface area (Å²) in [4.78, 5) is 0.168. The molecule has 1 atom stereocenters. The largest absolute Gasteiger partial charge is 0.242 e. The average Bonchev–Trinajstić information content (AvgIpc) is 3.10. The van der Waals surface area contributed by atoms with E-state index in [-0.39, 0.29) is 10.8 Å². The van der Waals surface area contributed by atoms with Crippen molar-refractivity contribution < 1.29 is 8.42 Å². The van der Waals surface area contributed by atoms with E-state index in [2.05, 4.69) is 20.7 Å². The van der Waals surface area contributed by atoms with Gasteiger partial charge in [0.15, 0.2) is 0 Å². The highest BCUT2D eigenvalue weighted by molar-refractivity contribution is 9.10. The molecule has 1 aromatic rings. The summed E-state index contributed by atoms with van der Waals surface area (Å²) in [6.07, 6.45) is 1.83. The van der Waals surface area contributed by atoms with Gasteiger partial charge in [0, 0.05) is 4.47 Å². The number of hydrogen-bond donors (Lipinski definition) is 1. The molecule has 0 aromatic heterocycles. The zero-order valence-corrected chi connectivity index (χ0v) is 11.3. The molecule has 0 bridgehead atoms. The first kappa shape index (κ1) is 12.6. The summed E-state index contributed by atoms with van der Waals surface area (Å²) in [6.45, 7) is 0. The maximum Gasteiger partial charge on any atom is 0.242 e. The number of hydrogen-bond acceptors (Lipinski definition) is 3. The summed E-state index contributed by atoms with van der Waals surface area (Å²) in [6, 6.07) is 7.95. The minimum Gasteiger partial charge on any atom is -0.207 e. The van der Waals surface area contributed by atoms with Crippen molar-refractivity contribution in [2.24, 2.45) is 5.92 Å². The molecule has 4 nitrogen and oxygen atoms in total. The second kappa shape index (κ2) is 4.77. The van der Waals surface area contributed by atoms with Crippen molar-refractivity contribution in [1.82, 2.24) is 4.72 Å². The van der Waals surface area contributed by atoms with Gasteiger partial charge in [0.1, 0.15) is 6.04 Å². The average molecular weight is 315 g/mol. The highest BCUT2D eigenvalue weighted by atomic mass is 79.9. The van der Waals surface area contributed by atoms with Crippen LogP contribution in [0.2, 0.25) is 0 Å². The minimum absolute atomic E-state index is 0.164. The van der Waals surface area contributed by atoms with Crippen LogP contribution in [0.3, 0.4) is 0 Å². The van der Waals surface area contributed by atoms with Crippen LogP contribution in [0.4, 0.5) is 0 Å². The molecular formula is C11H11BrN2O2S. The predicted molar refractivity (Wildman–Crippen MR) is 66.6 cm³/mol. The van der Waals surface area contributed by atoms with E-state index in [1.807, 2.05) is 6.07 Å². The highest BCUT2D eigenvalue weighted by Crippen LogP contribution is 2.33. The summed E-state index contributed by atoms with van der Waals surface area (Å²) < 4.78 is 27.1. The fourth-order valence-corrected chi connectivity index (χ4v) is 3.76. The summed E-state index contributed by atoms with van der Waals surface area (Å²) >= 11 is 3.19. The van der Waals surface area contributed by atoms with Crippen molar-refractivity contribution in [3.05, 3.63) is 28.7 Å². The molecule has 1 aliphatic carbocycles. The van der Waals surface area contributed by atoms with Crippen LogP contribution in [0, 0.1) is 17.2 Å². The lowest BCUT2D eigenvalue weighted by atomic mass is 10.2. The van der Waals surface area contributed by atoms with Gasteiger partial charge >= 0.3 is 0 Å². The zero-order chi connectivity index (χ0) is 12.5. The summed E-state index contributed by atoms with van der Waals surface area (Å²) in [5.74, 6) is 0.164. The van der Waals surface area contributed by atoms with E-state index in [9.17, 15) is 8.42 Å². The Bertz CT molecular complexity index is 561. The van der Waals surface area contributed by atoms with Crippen molar-refractivity contribution in [2.75, 3.05) is 0 Å². The third-order valence-corrected chi connectivity index (χ3v) is 5.09. The molecule has 1 unspecified atom stereocenters. The van der Waals surface area contributed by atoms with Gasteiger partial charge in [0.2, 0.25) is 10.0 Å². The molecule has 90 valence electrons. The lowest BCUT2D eigenvalue weighted by Gasteiger charge is -2.12. The Morgan fingerprint density at radius 2 is 2.06 bits per heavy atom. The lowest BCUT2D eigenvalue weighted by Crippen LogP contribution is -2.35. The predicted octanol–water partition coefficient (Wildman–Crippen LogP) is 2.03. The topological polar surface area (TPSA) is 70.0 Å². The smallest absolute Gasteiger partial charge is 0.207 e. The van der Waals surface area contributed by atoms with E-state index in [0.717, 1.165) is 12.8 Å². The SMILES string of the molecule is N#CC(NS(=O)(=O)c1ccccc1Br)C1CC1. The third kappa shape index (κ3) is 2.86. The molecule has 0 saturated heterocycles. The number of halogens is 1. The van der Waals surface area contributed by atoms with Crippen LogP contribution in [0.15, 0.2) is 33.6 Å². The van der Waals surface area contributed by atoms with Crippen molar-refractivity contribution >= 4 is 26.0 Å². The monoisotopic (exact) mass is 314 g/mol. The second-order valence-electron chi connectivity index (χ2n) is 4.00. The fourth-order valence-electron chi connectivity index (χ4n) is 1.55. The Labute approximate surface area is 109 Å². The molecule has 1 fully saturated rings. The molecule has 0 amide bonds. The first-order valence-corrected chi connectivity index (χ1v) is 7.48. The quantitative estimate of drug-likeness (QED) is 0.924. The normalized spacial score (nSPS) is 17.4. The van der Waals surface area contributed by atoms with Crippen molar-refractivity contribution in [3.63, 3.8) is 0 Å². The molecule has 0 radical (unpaired) electrons. The van der Waals surface area contributed by atoms with E-state index >= 15 is 0 Å². The Morgan fingerprint density at radius 1 is 1.41 bits per heavy atom. The molecule has 1 N–H and O–H groups in total. The van der Waals surface area contributed by atoms with Gasteiger partial charge in [0.05, 0.1) is 11.0 Å². The Balaban J connectivity index is 2.25. The second-order valence-corrected chi connectivity index (χ2v) is 6.53. The van der Waals surface area contributed by atoms with Crippen LogP contribution in [-0.2, 0) is 10.0 Å². The van der Waals surface area contributed by atoms with Gasteiger partial charge in [-0.1, -0.05) is 12.1 Å². The van der Waals surface area contributed by atoms with Gasteiger partial charge in [-0.3, -0.25) is 0 Å². The van der Waals surface area contributed by atoms with Crippen LogP contribution in [0.5, 0.6) is 0 Å². The molecular weight excluding hydrogens is 304 g/mol.